The van der Waals surface area contributed by atoms with Gasteiger partial charge in [0.05, 0.1) is 0 Å². The highest BCUT2D eigenvalue weighted by atomic mass is 19.1. The fourth-order valence-corrected chi connectivity index (χ4v) is 4.25. The number of rotatable bonds is 2. The average molecular weight is 418 g/mol. The van der Waals surface area contributed by atoms with Crippen LogP contribution in [0.25, 0.3) is 10.9 Å². The number of aryl methyl sites for hydroxylation is 1. The molecule has 0 bridgehead atoms. The average Bonchev–Trinajstić information content (AvgIpc) is 3.13. The minimum absolute atomic E-state index is 0.266. The second kappa shape index (κ2) is 7.54. The van der Waals surface area contributed by atoms with Crippen molar-refractivity contribution in [3.63, 3.8) is 0 Å². The normalized spacial score (nSPS) is 15.7. The largest absolute Gasteiger partial charge is 0.416 e. The Hall–Kier alpha value is -3.67. The second-order valence-electron chi connectivity index (χ2n) is 7.79. The van der Waals surface area contributed by atoms with Crippen molar-refractivity contribution >= 4 is 17.0 Å². The Balaban J connectivity index is 1.58. The predicted octanol–water partition coefficient (Wildman–Crippen LogP) is 5.90. The highest BCUT2D eigenvalue weighted by Gasteiger charge is 2.35. The Morgan fingerprint density at radius 1 is 1.00 bits per heavy atom. The number of aromatic amines is 1. The molecule has 0 aliphatic carbocycles. The lowest BCUT2D eigenvalue weighted by Crippen LogP contribution is -2.42. The molecule has 4 aromatic rings. The molecule has 1 N–H and O–H groups in total. The molecule has 5 rings (SSSR count). The minimum Gasteiger partial charge on any atom is -0.410 e. The van der Waals surface area contributed by atoms with Gasteiger partial charge in [-0.15, -0.1) is 0 Å². The number of H-pyrrole nitrogens is 1. The lowest BCUT2D eigenvalue weighted by Gasteiger charge is -2.35. The Labute approximate surface area is 178 Å². The molecule has 1 atom stereocenters. The van der Waals surface area contributed by atoms with Crippen molar-refractivity contribution in [1.82, 2.24) is 9.88 Å². The summed E-state index contributed by atoms with van der Waals surface area (Å²) in [4.78, 5) is 18.2. The first-order valence-corrected chi connectivity index (χ1v) is 10.1. The molecule has 1 amide bonds. The Bertz CT molecular complexity index is 1260. The summed E-state index contributed by atoms with van der Waals surface area (Å²) in [5.74, 6) is -0.477. The number of nitrogens with zero attached hydrogens (tertiary/aromatic N) is 1. The number of ether oxygens (including phenoxy) is 1. The maximum Gasteiger partial charge on any atom is 0.416 e. The van der Waals surface area contributed by atoms with Gasteiger partial charge in [-0.1, -0.05) is 23.8 Å². The molecule has 1 unspecified atom stereocenters. The summed E-state index contributed by atoms with van der Waals surface area (Å²) >= 11 is 0. The maximum atomic E-state index is 13.6. The molecule has 31 heavy (non-hydrogen) atoms. The number of fused-ring (bicyclic) bond motifs is 3. The number of carbonyl (C=O) groups is 1. The molecule has 0 fully saturated rings. The molecule has 1 aliphatic heterocycles. The van der Waals surface area contributed by atoms with Gasteiger partial charge in [0.25, 0.3) is 0 Å². The lowest BCUT2D eigenvalue weighted by atomic mass is 9.92. The second-order valence-corrected chi connectivity index (χ2v) is 7.79. The van der Waals surface area contributed by atoms with E-state index in [4.69, 9.17) is 4.74 Å². The molecule has 0 spiro atoms. The van der Waals surface area contributed by atoms with Crippen LogP contribution in [0.2, 0.25) is 0 Å². The SMILES string of the molecule is Cc1ccc2[nH]c3c(c2c1)CCN(C(=O)Oc1ccc(F)cc1)C3c1ccc(F)cc1. The summed E-state index contributed by atoms with van der Waals surface area (Å²) < 4.78 is 32.3. The number of nitrogens with one attached hydrogen (secondary N) is 1. The molecular formula is C25H20F2N2O2. The Kier molecular flexibility index (Phi) is 4.70. The van der Waals surface area contributed by atoms with E-state index < -0.39 is 18.0 Å². The van der Waals surface area contributed by atoms with E-state index in [1.54, 1.807) is 17.0 Å². The van der Waals surface area contributed by atoms with Gasteiger partial charge in [-0.05, 0) is 73.0 Å². The van der Waals surface area contributed by atoms with Crippen molar-refractivity contribution in [2.24, 2.45) is 0 Å². The standard InChI is InChI=1S/C25H20F2N2O2/c1-15-2-11-22-21(14-15)20-12-13-29(25(30)31-19-9-7-18(27)8-10-19)24(23(20)28-22)16-3-5-17(26)6-4-16/h2-11,14,24,28H,12-13H2,1H3. The number of carbonyl (C=O) groups excluding carboxylic acids is 1. The molecule has 4 nitrogen and oxygen atoms in total. The molecule has 1 aromatic heterocycles. The monoisotopic (exact) mass is 418 g/mol. The summed E-state index contributed by atoms with van der Waals surface area (Å²) in [7, 11) is 0. The third-order valence-corrected chi connectivity index (χ3v) is 5.72. The van der Waals surface area contributed by atoms with E-state index in [1.807, 2.05) is 19.1 Å². The Morgan fingerprint density at radius 3 is 2.39 bits per heavy atom. The number of halogens is 2. The number of hydrogen-bond acceptors (Lipinski definition) is 2. The van der Waals surface area contributed by atoms with Crippen molar-refractivity contribution in [1.29, 1.82) is 0 Å². The highest BCUT2D eigenvalue weighted by Crippen LogP contribution is 2.39. The van der Waals surface area contributed by atoms with Crippen molar-refractivity contribution < 1.29 is 18.3 Å². The topological polar surface area (TPSA) is 45.3 Å². The zero-order valence-corrected chi connectivity index (χ0v) is 16.9. The number of amides is 1. The van der Waals surface area contributed by atoms with Gasteiger partial charge in [0, 0.05) is 23.1 Å². The third-order valence-electron chi connectivity index (χ3n) is 5.72. The van der Waals surface area contributed by atoms with E-state index in [0.29, 0.717) is 13.0 Å². The van der Waals surface area contributed by atoms with E-state index in [9.17, 15) is 13.6 Å². The highest BCUT2D eigenvalue weighted by molar-refractivity contribution is 5.87. The molecule has 2 heterocycles. The smallest absolute Gasteiger partial charge is 0.410 e. The van der Waals surface area contributed by atoms with Crippen LogP contribution >= 0.6 is 0 Å². The minimum atomic E-state index is -0.540. The van der Waals surface area contributed by atoms with Crippen LogP contribution in [0.15, 0.2) is 66.7 Å². The molecule has 0 saturated heterocycles. The van der Waals surface area contributed by atoms with E-state index in [1.165, 1.54) is 36.4 Å². The van der Waals surface area contributed by atoms with Gasteiger partial charge in [-0.3, -0.25) is 4.90 Å². The number of hydrogen-bond donors (Lipinski definition) is 1. The fourth-order valence-electron chi connectivity index (χ4n) is 4.25. The van der Waals surface area contributed by atoms with E-state index in [0.717, 1.165) is 33.3 Å². The molecule has 3 aromatic carbocycles. The van der Waals surface area contributed by atoms with Crippen LogP contribution in [-0.2, 0) is 6.42 Å². The zero-order chi connectivity index (χ0) is 21.5. The van der Waals surface area contributed by atoms with Gasteiger partial charge in [0.2, 0.25) is 0 Å². The molecular weight excluding hydrogens is 398 g/mol. The molecule has 156 valence electrons. The maximum absolute atomic E-state index is 13.6. The van der Waals surface area contributed by atoms with Gasteiger partial charge in [-0.25, -0.2) is 13.6 Å². The van der Waals surface area contributed by atoms with Crippen LogP contribution in [0.4, 0.5) is 13.6 Å². The van der Waals surface area contributed by atoms with Crippen LogP contribution in [0.1, 0.15) is 28.4 Å². The quantitative estimate of drug-likeness (QED) is 0.440. The van der Waals surface area contributed by atoms with Gasteiger partial charge < -0.3 is 9.72 Å². The van der Waals surface area contributed by atoms with Crippen LogP contribution in [-0.4, -0.2) is 22.5 Å². The molecule has 0 saturated carbocycles. The lowest BCUT2D eigenvalue weighted by molar-refractivity contribution is 0.135. The van der Waals surface area contributed by atoms with Crippen LogP contribution < -0.4 is 4.74 Å². The van der Waals surface area contributed by atoms with Crippen molar-refractivity contribution in [2.75, 3.05) is 6.54 Å². The van der Waals surface area contributed by atoms with Crippen molar-refractivity contribution in [2.45, 2.75) is 19.4 Å². The first-order chi connectivity index (χ1) is 15.0. The summed E-state index contributed by atoms with van der Waals surface area (Å²) in [5, 5.41) is 1.13. The zero-order valence-electron chi connectivity index (χ0n) is 16.9. The summed E-state index contributed by atoms with van der Waals surface area (Å²) in [6.07, 6.45) is 0.121. The predicted molar refractivity (Wildman–Crippen MR) is 114 cm³/mol. The first-order valence-electron chi connectivity index (χ1n) is 10.1. The molecule has 6 heteroatoms. The van der Waals surface area contributed by atoms with Crippen LogP contribution in [0.3, 0.4) is 0 Å². The summed E-state index contributed by atoms with van der Waals surface area (Å²) in [5.41, 5.74) is 4.98. The van der Waals surface area contributed by atoms with Gasteiger partial charge in [0.15, 0.2) is 0 Å². The molecule has 1 aliphatic rings. The molecule has 0 radical (unpaired) electrons. The van der Waals surface area contributed by atoms with E-state index >= 15 is 0 Å². The van der Waals surface area contributed by atoms with Crippen molar-refractivity contribution in [3.05, 3.63) is 101 Å². The van der Waals surface area contributed by atoms with Crippen LogP contribution in [0.5, 0.6) is 5.75 Å². The Morgan fingerprint density at radius 2 is 1.68 bits per heavy atom. The van der Waals surface area contributed by atoms with Crippen molar-refractivity contribution in [3.8, 4) is 5.75 Å². The number of aromatic nitrogens is 1. The van der Waals surface area contributed by atoms with Crippen LogP contribution in [0, 0.1) is 18.6 Å². The van der Waals surface area contributed by atoms with Gasteiger partial charge in [-0.2, -0.15) is 0 Å². The van der Waals surface area contributed by atoms with Gasteiger partial charge in [0.1, 0.15) is 23.4 Å². The first kappa shape index (κ1) is 19.3. The summed E-state index contributed by atoms with van der Waals surface area (Å²) in [6, 6.07) is 17.2. The van der Waals surface area contributed by atoms with Gasteiger partial charge >= 0.3 is 6.09 Å². The fraction of sp³-hybridized carbons (Fsp3) is 0.160. The summed E-state index contributed by atoms with van der Waals surface area (Å²) in [6.45, 7) is 2.49. The third kappa shape index (κ3) is 3.54. The number of benzene rings is 3. The van der Waals surface area contributed by atoms with E-state index in [2.05, 4.69) is 11.1 Å². The van der Waals surface area contributed by atoms with E-state index in [-0.39, 0.29) is 11.6 Å².